The van der Waals surface area contributed by atoms with E-state index in [1.807, 2.05) is 12.1 Å². The molecule has 2 unspecified atom stereocenters. The zero-order valence-corrected chi connectivity index (χ0v) is 13.0. The second kappa shape index (κ2) is 6.02. The first-order valence-corrected chi connectivity index (χ1v) is 8.29. The molecule has 6 nitrogen and oxygen atoms in total. The molecule has 23 heavy (non-hydrogen) atoms. The fourth-order valence-electron chi connectivity index (χ4n) is 3.93. The van der Waals surface area contributed by atoms with Crippen LogP contribution < -0.4 is 14.8 Å². The quantitative estimate of drug-likeness (QED) is 0.879. The van der Waals surface area contributed by atoms with Crippen LogP contribution >= 0.6 is 0 Å². The number of aliphatic hydroxyl groups excluding tert-OH is 1. The highest BCUT2D eigenvalue weighted by Gasteiger charge is 2.40. The van der Waals surface area contributed by atoms with E-state index >= 15 is 0 Å². The van der Waals surface area contributed by atoms with Crippen molar-refractivity contribution in [1.29, 1.82) is 0 Å². The van der Waals surface area contributed by atoms with Crippen molar-refractivity contribution in [3.63, 3.8) is 0 Å². The number of hydrogen-bond acceptors (Lipinski definition) is 5. The Kier molecular flexibility index (Phi) is 3.87. The second-order valence-corrected chi connectivity index (χ2v) is 6.71. The van der Waals surface area contributed by atoms with Gasteiger partial charge in [-0.1, -0.05) is 0 Å². The third-order valence-electron chi connectivity index (χ3n) is 5.17. The van der Waals surface area contributed by atoms with E-state index in [1.165, 1.54) is 0 Å². The Hall–Kier alpha value is -1.79. The normalized spacial score (nSPS) is 28.8. The number of amides is 1. The molecule has 1 saturated carbocycles. The molecule has 1 saturated heterocycles. The summed E-state index contributed by atoms with van der Waals surface area (Å²) in [5.74, 6) is 2.17. The molecule has 124 valence electrons. The van der Waals surface area contributed by atoms with Gasteiger partial charge in [0.1, 0.15) is 0 Å². The highest BCUT2D eigenvalue weighted by molar-refractivity contribution is 5.91. The lowest BCUT2D eigenvalue weighted by atomic mass is 9.95. The number of hydrogen-bond donors (Lipinski definition) is 2. The Balaban J connectivity index is 1.28. The molecule has 2 heterocycles. The number of likely N-dealkylation sites (tertiary alicyclic amines) is 1. The average molecular weight is 318 g/mol. The molecule has 4 rings (SSSR count). The molecule has 2 atom stereocenters. The molecule has 2 fully saturated rings. The van der Waals surface area contributed by atoms with Crippen molar-refractivity contribution >= 4 is 11.6 Å². The molecule has 1 aromatic carbocycles. The van der Waals surface area contributed by atoms with Crippen LogP contribution in [-0.4, -0.2) is 48.4 Å². The Morgan fingerprint density at radius 2 is 1.96 bits per heavy atom. The molecular weight excluding hydrogens is 296 g/mol. The predicted octanol–water partition coefficient (Wildman–Crippen LogP) is 1.45. The number of benzene rings is 1. The van der Waals surface area contributed by atoms with Crippen LogP contribution in [0.15, 0.2) is 18.2 Å². The number of anilines is 1. The third kappa shape index (κ3) is 3.01. The Labute approximate surface area is 135 Å². The van der Waals surface area contributed by atoms with Crippen LogP contribution in [0.1, 0.15) is 19.3 Å². The SMILES string of the molecule is O=C(CCN1CC2CCC(C1)C2O)Nc1ccc2c(c1)OCO2. The average Bonchev–Trinajstić information content (AvgIpc) is 3.06. The van der Waals surface area contributed by atoms with Gasteiger partial charge in [0.25, 0.3) is 0 Å². The van der Waals surface area contributed by atoms with E-state index in [2.05, 4.69) is 10.2 Å². The summed E-state index contributed by atoms with van der Waals surface area (Å²) in [5.41, 5.74) is 0.730. The molecule has 2 aliphatic heterocycles. The molecular formula is C17H22N2O4. The van der Waals surface area contributed by atoms with Gasteiger partial charge in [0, 0.05) is 37.8 Å². The van der Waals surface area contributed by atoms with Gasteiger partial charge in [0.15, 0.2) is 11.5 Å². The van der Waals surface area contributed by atoms with Crippen molar-refractivity contribution in [3.05, 3.63) is 18.2 Å². The molecule has 0 spiro atoms. The Bertz CT molecular complexity index is 592. The maximum Gasteiger partial charge on any atom is 0.231 e. The topological polar surface area (TPSA) is 71.0 Å². The summed E-state index contributed by atoms with van der Waals surface area (Å²) in [6, 6.07) is 5.42. The van der Waals surface area contributed by atoms with Crippen molar-refractivity contribution < 1.29 is 19.4 Å². The van der Waals surface area contributed by atoms with Crippen molar-refractivity contribution in [1.82, 2.24) is 4.90 Å². The molecule has 6 heteroatoms. The molecule has 2 N–H and O–H groups in total. The van der Waals surface area contributed by atoms with E-state index in [4.69, 9.17) is 9.47 Å². The maximum atomic E-state index is 12.1. The third-order valence-corrected chi connectivity index (χ3v) is 5.17. The van der Waals surface area contributed by atoms with Crippen molar-refractivity contribution in [2.24, 2.45) is 11.8 Å². The Morgan fingerprint density at radius 3 is 2.74 bits per heavy atom. The lowest BCUT2D eigenvalue weighted by Crippen LogP contribution is -2.45. The zero-order valence-electron chi connectivity index (χ0n) is 13.0. The van der Waals surface area contributed by atoms with Gasteiger partial charge in [-0.2, -0.15) is 0 Å². The second-order valence-electron chi connectivity index (χ2n) is 6.71. The lowest BCUT2D eigenvalue weighted by molar-refractivity contribution is -0.116. The predicted molar refractivity (Wildman–Crippen MR) is 84.5 cm³/mol. The van der Waals surface area contributed by atoms with E-state index in [-0.39, 0.29) is 18.8 Å². The number of rotatable bonds is 4. The first-order valence-electron chi connectivity index (χ1n) is 8.29. The number of piperidine rings is 1. The summed E-state index contributed by atoms with van der Waals surface area (Å²) >= 11 is 0. The number of nitrogens with zero attached hydrogens (tertiary/aromatic N) is 1. The van der Waals surface area contributed by atoms with Crippen molar-refractivity contribution in [2.75, 3.05) is 31.7 Å². The van der Waals surface area contributed by atoms with Gasteiger partial charge in [-0.15, -0.1) is 0 Å². The van der Waals surface area contributed by atoms with E-state index in [0.717, 1.165) is 38.2 Å². The monoisotopic (exact) mass is 318 g/mol. The van der Waals surface area contributed by atoms with Gasteiger partial charge in [0.05, 0.1) is 6.10 Å². The molecule has 1 aromatic rings. The van der Waals surface area contributed by atoms with E-state index in [9.17, 15) is 9.90 Å². The summed E-state index contributed by atoms with van der Waals surface area (Å²) in [7, 11) is 0. The number of aliphatic hydroxyl groups is 1. The van der Waals surface area contributed by atoms with Gasteiger partial charge >= 0.3 is 0 Å². The summed E-state index contributed by atoms with van der Waals surface area (Å²) in [4.78, 5) is 14.5. The summed E-state index contributed by atoms with van der Waals surface area (Å²) in [6.45, 7) is 2.80. The number of carbonyl (C=O) groups excluding carboxylic acids is 1. The first kappa shape index (κ1) is 14.8. The highest BCUT2D eigenvalue weighted by Crippen LogP contribution is 2.37. The largest absolute Gasteiger partial charge is 0.454 e. The van der Waals surface area contributed by atoms with Crippen LogP contribution in [0.2, 0.25) is 0 Å². The van der Waals surface area contributed by atoms with E-state index in [0.29, 0.717) is 29.8 Å². The van der Waals surface area contributed by atoms with Gasteiger partial charge in [-0.25, -0.2) is 0 Å². The smallest absolute Gasteiger partial charge is 0.231 e. The van der Waals surface area contributed by atoms with Gasteiger partial charge in [-0.05, 0) is 36.8 Å². The summed E-state index contributed by atoms with van der Waals surface area (Å²) < 4.78 is 10.6. The van der Waals surface area contributed by atoms with Crippen LogP contribution in [0.5, 0.6) is 11.5 Å². The molecule has 1 aliphatic carbocycles. The zero-order chi connectivity index (χ0) is 15.8. The van der Waals surface area contributed by atoms with Crippen LogP contribution in [0.25, 0.3) is 0 Å². The Morgan fingerprint density at radius 1 is 1.22 bits per heavy atom. The minimum absolute atomic E-state index is 0.00216. The highest BCUT2D eigenvalue weighted by atomic mass is 16.7. The van der Waals surface area contributed by atoms with E-state index in [1.54, 1.807) is 6.07 Å². The summed E-state index contributed by atoms with van der Waals surface area (Å²) in [6.07, 6.45) is 2.57. The first-order chi connectivity index (χ1) is 11.2. The van der Waals surface area contributed by atoms with Crippen LogP contribution in [-0.2, 0) is 4.79 Å². The summed E-state index contributed by atoms with van der Waals surface area (Å²) in [5, 5.41) is 13.0. The lowest BCUT2D eigenvalue weighted by Gasteiger charge is -2.35. The number of fused-ring (bicyclic) bond motifs is 3. The van der Waals surface area contributed by atoms with Crippen molar-refractivity contribution in [3.8, 4) is 11.5 Å². The van der Waals surface area contributed by atoms with Crippen LogP contribution in [0, 0.1) is 11.8 Å². The fourth-order valence-corrected chi connectivity index (χ4v) is 3.93. The molecule has 2 bridgehead atoms. The fraction of sp³-hybridized carbons (Fsp3) is 0.588. The molecule has 0 radical (unpaired) electrons. The molecule has 0 aromatic heterocycles. The minimum atomic E-state index is -0.131. The molecule has 1 amide bonds. The van der Waals surface area contributed by atoms with E-state index < -0.39 is 0 Å². The van der Waals surface area contributed by atoms with Crippen molar-refractivity contribution in [2.45, 2.75) is 25.4 Å². The number of nitrogens with one attached hydrogen (secondary N) is 1. The standard InChI is InChI=1S/C17H22N2O4/c20-16(18-13-3-4-14-15(7-13)23-10-22-14)5-6-19-8-11-1-2-12(9-19)17(11)21/h3-4,7,11-12,17,21H,1-2,5-6,8-10H2,(H,18,20). The minimum Gasteiger partial charge on any atom is -0.454 e. The van der Waals surface area contributed by atoms with Gasteiger partial charge < -0.3 is 24.8 Å². The number of carbonyl (C=O) groups is 1. The van der Waals surface area contributed by atoms with Gasteiger partial charge in [0.2, 0.25) is 12.7 Å². The number of ether oxygens (including phenoxy) is 2. The molecule has 3 aliphatic rings. The van der Waals surface area contributed by atoms with Gasteiger partial charge in [-0.3, -0.25) is 4.79 Å². The maximum absolute atomic E-state index is 12.1. The van der Waals surface area contributed by atoms with Crippen LogP contribution in [0.3, 0.4) is 0 Å². The van der Waals surface area contributed by atoms with Crippen LogP contribution in [0.4, 0.5) is 5.69 Å².